The van der Waals surface area contributed by atoms with Crippen LogP contribution >= 0.6 is 0 Å². The molecule has 0 amide bonds. The summed E-state index contributed by atoms with van der Waals surface area (Å²) in [6.07, 6.45) is 6.33. The van der Waals surface area contributed by atoms with Crippen LogP contribution in [0.4, 0.5) is 0 Å². The van der Waals surface area contributed by atoms with Gasteiger partial charge >= 0.3 is 5.97 Å². The molecule has 0 unspecified atom stereocenters. The third-order valence-electron chi connectivity index (χ3n) is 11.4. The number of hydrogen-bond acceptors (Lipinski definition) is 4. The first-order valence-corrected chi connectivity index (χ1v) is 13.8. The van der Waals surface area contributed by atoms with Crippen LogP contribution in [0.1, 0.15) is 87.0 Å². The summed E-state index contributed by atoms with van der Waals surface area (Å²) in [7, 11) is 0. The number of carbonyl (C=O) groups excluding carboxylic acids is 1. The van der Waals surface area contributed by atoms with Gasteiger partial charge in [-0.15, -0.1) is 0 Å². The second kappa shape index (κ2) is 8.66. The van der Waals surface area contributed by atoms with E-state index in [1.165, 1.54) is 0 Å². The topological polar surface area (TPSA) is 94.8 Å². The van der Waals surface area contributed by atoms with Crippen molar-refractivity contribution in [2.45, 2.75) is 99.2 Å². The molecule has 0 spiro atoms. The molecule has 2 fully saturated rings. The van der Waals surface area contributed by atoms with Crippen LogP contribution in [0, 0.1) is 45.3 Å². The van der Waals surface area contributed by atoms with Crippen LogP contribution in [-0.2, 0) is 9.59 Å². The Balaban J connectivity index is 1.77. The minimum absolute atomic E-state index is 0.0391. The van der Waals surface area contributed by atoms with Gasteiger partial charge in [-0.2, -0.15) is 0 Å². The van der Waals surface area contributed by atoms with E-state index in [0.717, 1.165) is 23.1 Å². The van der Waals surface area contributed by atoms with Gasteiger partial charge in [-0.1, -0.05) is 72.3 Å². The van der Waals surface area contributed by atoms with Gasteiger partial charge in [0, 0.05) is 22.7 Å². The van der Waals surface area contributed by atoms with Gasteiger partial charge in [0.05, 0.1) is 18.1 Å². The molecule has 4 rings (SSSR count). The van der Waals surface area contributed by atoms with Gasteiger partial charge in [-0.05, 0) is 66.9 Å². The summed E-state index contributed by atoms with van der Waals surface area (Å²) >= 11 is 0. The van der Waals surface area contributed by atoms with Gasteiger partial charge in [0.25, 0.3) is 0 Å². The SMILES string of the molecule is C=C(CC[C@@H](C(=O)O)[C@H]1[C@H](O)C[C@@]2(C)[C@@H]3C(=O)C=C4C(C)(C)[C@H](O)CC[C@]4(C)C3=CC[C@]12C)C(C)C. The second-order valence-electron chi connectivity index (χ2n) is 13.8. The van der Waals surface area contributed by atoms with Crippen LogP contribution in [0.3, 0.4) is 0 Å². The summed E-state index contributed by atoms with van der Waals surface area (Å²) in [5.41, 5.74) is 1.30. The minimum atomic E-state index is -0.872. The molecule has 0 aromatic rings. The van der Waals surface area contributed by atoms with Gasteiger partial charge in [-0.25, -0.2) is 0 Å². The predicted molar refractivity (Wildman–Crippen MR) is 141 cm³/mol. The van der Waals surface area contributed by atoms with Gasteiger partial charge in [0.1, 0.15) is 0 Å². The maximum atomic E-state index is 13.9. The molecule has 5 nitrogen and oxygen atoms in total. The average Bonchev–Trinajstić information content (AvgIpc) is 2.98. The van der Waals surface area contributed by atoms with Crippen LogP contribution < -0.4 is 0 Å². The van der Waals surface area contributed by atoms with Crippen molar-refractivity contribution >= 4 is 11.8 Å². The van der Waals surface area contributed by atoms with E-state index in [1.54, 1.807) is 6.08 Å². The molecule has 3 N–H and O–H groups in total. The predicted octanol–water partition coefficient (Wildman–Crippen LogP) is 5.72. The average molecular weight is 499 g/mol. The molecule has 4 aliphatic carbocycles. The number of aliphatic hydroxyl groups excluding tert-OH is 2. The minimum Gasteiger partial charge on any atom is -0.481 e. The lowest BCUT2D eigenvalue weighted by molar-refractivity contribution is -0.149. The Morgan fingerprint density at radius 1 is 1.14 bits per heavy atom. The van der Waals surface area contributed by atoms with Gasteiger partial charge in [0.2, 0.25) is 0 Å². The lowest BCUT2D eigenvalue weighted by Gasteiger charge is -2.60. The van der Waals surface area contributed by atoms with Crippen molar-refractivity contribution in [1.82, 2.24) is 0 Å². The van der Waals surface area contributed by atoms with E-state index in [-0.39, 0.29) is 23.0 Å². The number of aliphatic carboxylic acids is 1. The number of rotatable bonds is 6. The number of carbonyl (C=O) groups is 2. The summed E-state index contributed by atoms with van der Waals surface area (Å²) in [6, 6.07) is 0. The number of hydrogen-bond donors (Lipinski definition) is 3. The number of carboxylic acids is 1. The molecule has 4 aliphatic rings. The fourth-order valence-corrected chi connectivity index (χ4v) is 8.69. The first-order chi connectivity index (χ1) is 16.5. The van der Waals surface area contributed by atoms with E-state index in [2.05, 4.69) is 47.3 Å². The summed E-state index contributed by atoms with van der Waals surface area (Å²) in [6.45, 7) is 18.8. The molecule has 36 heavy (non-hydrogen) atoms. The van der Waals surface area contributed by atoms with Gasteiger partial charge in [0.15, 0.2) is 5.78 Å². The molecule has 0 aromatic carbocycles. The van der Waals surface area contributed by atoms with E-state index < -0.39 is 46.3 Å². The van der Waals surface area contributed by atoms with Crippen LogP contribution in [0.5, 0.6) is 0 Å². The van der Waals surface area contributed by atoms with Crippen molar-refractivity contribution in [2.75, 3.05) is 0 Å². The molecular weight excluding hydrogens is 452 g/mol. The summed E-state index contributed by atoms with van der Waals surface area (Å²) in [4.78, 5) is 26.5. The lowest BCUT2D eigenvalue weighted by atomic mass is 9.43. The number of ketones is 1. The molecular formula is C31H46O5. The van der Waals surface area contributed by atoms with Gasteiger partial charge in [-0.3, -0.25) is 9.59 Å². The second-order valence-corrected chi connectivity index (χ2v) is 13.8. The highest BCUT2D eigenvalue weighted by atomic mass is 16.4. The standard InChI is InChI=1S/C31H46O5/c1-17(2)18(3)9-10-19(27(35)36)25-22(33)16-31(8)26-20(11-14-30(25,31)7)29(6)13-12-24(34)28(4,5)23(29)15-21(26)32/h11,15,17,19,22,24-26,33-34H,3,9-10,12-14,16H2,1-2,4-8H3,(H,35,36)/t19-,22-,24-,25+,26+,29-,30-,31+/m1/s1. The zero-order valence-electron chi connectivity index (χ0n) is 23.2. The fourth-order valence-electron chi connectivity index (χ4n) is 8.69. The summed E-state index contributed by atoms with van der Waals surface area (Å²) < 4.78 is 0. The Hall–Kier alpha value is -1.72. The highest BCUT2D eigenvalue weighted by Crippen LogP contribution is 2.71. The molecule has 0 radical (unpaired) electrons. The molecule has 0 saturated heterocycles. The largest absolute Gasteiger partial charge is 0.481 e. The molecule has 0 aliphatic heterocycles. The quantitative estimate of drug-likeness (QED) is 0.408. The fraction of sp³-hybridized carbons (Fsp3) is 0.742. The van der Waals surface area contributed by atoms with E-state index in [4.69, 9.17) is 0 Å². The lowest BCUT2D eigenvalue weighted by Crippen LogP contribution is -2.56. The first-order valence-electron chi connectivity index (χ1n) is 13.8. The highest BCUT2D eigenvalue weighted by molar-refractivity contribution is 5.98. The molecule has 0 aromatic heterocycles. The van der Waals surface area contributed by atoms with Crippen molar-refractivity contribution in [1.29, 1.82) is 0 Å². The Kier molecular flexibility index (Phi) is 6.57. The van der Waals surface area contributed by atoms with Crippen LogP contribution in [-0.4, -0.2) is 39.3 Å². The van der Waals surface area contributed by atoms with Crippen molar-refractivity contribution in [2.24, 2.45) is 45.3 Å². The normalized spacial score (nSPS) is 42.1. The van der Waals surface area contributed by atoms with E-state index >= 15 is 0 Å². The summed E-state index contributed by atoms with van der Waals surface area (Å²) in [5.74, 6) is -2.06. The Labute approximate surface area is 216 Å². The van der Waals surface area contributed by atoms with Crippen LogP contribution in [0.2, 0.25) is 0 Å². The van der Waals surface area contributed by atoms with Crippen molar-refractivity contribution in [3.63, 3.8) is 0 Å². The van der Waals surface area contributed by atoms with Crippen molar-refractivity contribution < 1.29 is 24.9 Å². The molecule has 8 atom stereocenters. The molecule has 2 saturated carbocycles. The van der Waals surface area contributed by atoms with Gasteiger partial charge < -0.3 is 15.3 Å². The number of aliphatic hydroxyl groups is 2. The summed E-state index contributed by atoms with van der Waals surface area (Å²) in [5, 5.41) is 32.5. The third-order valence-corrected chi connectivity index (χ3v) is 11.4. The van der Waals surface area contributed by atoms with Crippen LogP contribution in [0.25, 0.3) is 0 Å². The van der Waals surface area contributed by atoms with E-state index in [9.17, 15) is 24.9 Å². The molecule has 5 heteroatoms. The zero-order valence-corrected chi connectivity index (χ0v) is 23.2. The number of fused-ring (bicyclic) bond motifs is 5. The molecule has 0 bridgehead atoms. The van der Waals surface area contributed by atoms with E-state index in [1.807, 2.05) is 13.8 Å². The Morgan fingerprint density at radius 2 is 1.78 bits per heavy atom. The number of allylic oxidation sites excluding steroid dienone is 4. The third kappa shape index (κ3) is 3.63. The monoisotopic (exact) mass is 498 g/mol. The van der Waals surface area contributed by atoms with E-state index in [0.29, 0.717) is 32.1 Å². The first kappa shape index (κ1) is 27.3. The maximum Gasteiger partial charge on any atom is 0.306 e. The molecule has 200 valence electrons. The smallest absolute Gasteiger partial charge is 0.306 e. The zero-order chi connectivity index (χ0) is 27.0. The Morgan fingerprint density at radius 3 is 2.36 bits per heavy atom. The Bertz CT molecular complexity index is 1030. The maximum absolute atomic E-state index is 13.9. The van der Waals surface area contributed by atoms with Crippen molar-refractivity contribution in [3.8, 4) is 0 Å². The van der Waals surface area contributed by atoms with Crippen LogP contribution in [0.15, 0.2) is 35.5 Å². The van der Waals surface area contributed by atoms with Crippen molar-refractivity contribution in [3.05, 3.63) is 35.5 Å². The highest BCUT2D eigenvalue weighted by Gasteiger charge is 2.69. The molecule has 0 heterocycles. The number of carboxylic acid groups (broad SMARTS) is 1.